The summed E-state index contributed by atoms with van der Waals surface area (Å²) in [4.78, 5) is 23.4. The topological polar surface area (TPSA) is 226 Å². The Balaban J connectivity index is 2.51. The van der Waals surface area contributed by atoms with Crippen molar-refractivity contribution in [2.75, 3.05) is 6.61 Å². The number of rotatable bonds is 39. The molecule has 13 nitrogen and oxygen atoms in total. The van der Waals surface area contributed by atoms with Gasteiger partial charge in [-0.15, -0.1) is 0 Å². The second-order valence-electron chi connectivity index (χ2n) is 17.2. The molecule has 14 heteroatoms. The van der Waals surface area contributed by atoms with Crippen molar-refractivity contribution in [3.05, 3.63) is 12.2 Å². The van der Waals surface area contributed by atoms with E-state index in [-0.39, 0.29) is 6.42 Å². The maximum atomic E-state index is 12.9. The van der Waals surface area contributed by atoms with Crippen molar-refractivity contribution >= 4 is 13.7 Å². The molecular weight excluding hydrogens is 777 g/mol. The molecule has 8 unspecified atom stereocenters. The molecule has 0 aromatic carbocycles. The van der Waals surface area contributed by atoms with Crippen molar-refractivity contribution in [2.45, 2.75) is 261 Å². The number of hydrogen-bond donors (Lipinski definition) is 9. The number of aliphatic hydroxyl groups is 7. The minimum atomic E-state index is -5.13. The van der Waals surface area contributed by atoms with Crippen molar-refractivity contribution in [2.24, 2.45) is 0 Å². The molecule has 0 aliphatic heterocycles. The third-order valence-corrected chi connectivity index (χ3v) is 12.6. The number of hydrogen-bond acceptors (Lipinski definition) is 11. The number of amides is 1. The number of phosphoric ester groups is 1. The molecule has 1 saturated carbocycles. The lowest BCUT2D eigenvalue weighted by Crippen LogP contribution is -2.64. The van der Waals surface area contributed by atoms with Crippen LogP contribution in [0.2, 0.25) is 0 Å². The lowest BCUT2D eigenvalue weighted by molar-refractivity contribution is -0.220. The molecule has 1 aliphatic rings. The molecule has 0 spiro atoms. The van der Waals surface area contributed by atoms with E-state index >= 15 is 0 Å². The van der Waals surface area contributed by atoms with Crippen LogP contribution in [-0.2, 0) is 18.4 Å². The second kappa shape index (κ2) is 35.5. The molecule has 1 fully saturated rings. The summed E-state index contributed by atoms with van der Waals surface area (Å²) in [7, 11) is -5.13. The Hall–Kier alpha value is -0.960. The van der Waals surface area contributed by atoms with E-state index in [1.165, 1.54) is 134 Å². The molecule has 350 valence electrons. The van der Waals surface area contributed by atoms with Crippen molar-refractivity contribution in [1.82, 2.24) is 5.32 Å². The van der Waals surface area contributed by atoms with E-state index in [9.17, 15) is 50.0 Å². The predicted octanol–water partition coefficient (Wildman–Crippen LogP) is 7.81. The van der Waals surface area contributed by atoms with E-state index in [1.807, 2.05) is 0 Å². The summed E-state index contributed by atoms with van der Waals surface area (Å²) < 4.78 is 22.8. The smallest absolute Gasteiger partial charge is 0.393 e. The van der Waals surface area contributed by atoms with Gasteiger partial charge in [0, 0.05) is 0 Å². The van der Waals surface area contributed by atoms with Crippen molar-refractivity contribution < 1.29 is 59.0 Å². The van der Waals surface area contributed by atoms with Gasteiger partial charge < -0.3 is 46.0 Å². The first-order chi connectivity index (χ1) is 28.3. The van der Waals surface area contributed by atoms with Gasteiger partial charge in [-0.2, -0.15) is 0 Å². The molecule has 1 rings (SSSR count). The number of nitrogens with one attached hydrogen (secondary N) is 1. The molecule has 0 heterocycles. The summed E-state index contributed by atoms with van der Waals surface area (Å²) in [5.74, 6) is -0.593. The zero-order valence-corrected chi connectivity index (χ0v) is 37.8. The first-order valence-electron chi connectivity index (χ1n) is 23.7. The number of unbranched alkanes of at least 4 members (excludes halogenated alkanes) is 26. The normalized spacial score (nSPS) is 23.6. The zero-order chi connectivity index (χ0) is 43.7. The fourth-order valence-corrected chi connectivity index (χ4v) is 8.68. The van der Waals surface area contributed by atoms with Gasteiger partial charge in [0.1, 0.15) is 36.6 Å². The molecule has 9 N–H and O–H groups in total. The van der Waals surface area contributed by atoms with Crippen LogP contribution in [0.5, 0.6) is 0 Å². The van der Waals surface area contributed by atoms with E-state index in [1.54, 1.807) is 6.08 Å². The highest BCUT2D eigenvalue weighted by Crippen LogP contribution is 2.47. The Kier molecular flexibility index (Phi) is 33.7. The average molecular weight is 866 g/mol. The first-order valence-corrected chi connectivity index (χ1v) is 25.2. The third-order valence-electron chi connectivity index (χ3n) is 11.6. The van der Waals surface area contributed by atoms with Crippen LogP contribution in [0.15, 0.2) is 12.2 Å². The summed E-state index contributed by atoms with van der Waals surface area (Å²) in [6.07, 6.45) is 23.2. The highest BCUT2D eigenvalue weighted by molar-refractivity contribution is 7.47. The Bertz CT molecular complexity index is 1070. The Morgan fingerprint density at radius 2 is 0.966 bits per heavy atom. The van der Waals surface area contributed by atoms with Crippen LogP contribution in [0, 0.1) is 0 Å². The number of carbonyl (C=O) groups excluding carboxylic acids is 1. The number of phosphoric acid groups is 1. The molecule has 0 aromatic heterocycles. The van der Waals surface area contributed by atoms with E-state index in [4.69, 9.17) is 9.05 Å². The molecule has 59 heavy (non-hydrogen) atoms. The maximum Gasteiger partial charge on any atom is 0.472 e. The fraction of sp³-hybridized carbons (Fsp3) is 0.933. The minimum Gasteiger partial charge on any atom is -0.393 e. The van der Waals surface area contributed by atoms with E-state index in [2.05, 4.69) is 19.2 Å². The van der Waals surface area contributed by atoms with Crippen LogP contribution < -0.4 is 5.32 Å². The summed E-state index contributed by atoms with van der Waals surface area (Å²) in [6, 6.07) is -1.23. The van der Waals surface area contributed by atoms with Crippen molar-refractivity contribution in [3.63, 3.8) is 0 Å². The molecule has 1 aliphatic carbocycles. The highest BCUT2D eigenvalue weighted by Gasteiger charge is 2.51. The van der Waals surface area contributed by atoms with Gasteiger partial charge in [-0.25, -0.2) is 4.57 Å². The fourth-order valence-electron chi connectivity index (χ4n) is 7.71. The Labute approximate surface area is 357 Å². The quantitative estimate of drug-likeness (QED) is 0.0164. The van der Waals surface area contributed by atoms with Crippen LogP contribution in [0.25, 0.3) is 0 Å². The summed E-state index contributed by atoms with van der Waals surface area (Å²) in [5.41, 5.74) is 0. The van der Waals surface area contributed by atoms with Gasteiger partial charge in [-0.1, -0.05) is 193 Å². The zero-order valence-electron chi connectivity index (χ0n) is 36.9. The maximum absolute atomic E-state index is 12.9. The van der Waals surface area contributed by atoms with Crippen LogP contribution >= 0.6 is 7.82 Å². The molecule has 0 radical (unpaired) electrons. The largest absolute Gasteiger partial charge is 0.472 e. The standard InChI is InChI=1S/C45H88NO12P/c1-3-5-7-9-11-13-14-15-16-17-18-19-20-21-22-23-25-27-29-31-33-38(48)37(46-39(49)34-36(47)32-30-28-26-24-12-10-8-6-4-2)35-57-59(55,56)58-45-43(53)41(51)40(50)42(52)44(45)54/h31,33,36-38,40-45,47-48,50-54H,3-30,32,34-35H2,1-2H3,(H,46,49)(H,55,56)/b33-31+. The average Bonchev–Trinajstić information content (AvgIpc) is 3.21. The number of allylic oxidation sites excluding steroid dienone is 1. The van der Waals surface area contributed by atoms with Gasteiger partial charge in [0.05, 0.1) is 31.3 Å². The summed E-state index contributed by atoms with van der Waals surface area (Å²) in [6.45, 7) is 3.72. The Morgan fingerprint density at radius 3 is 1.39 bits per heavy atom. The van der Waals surface area contributed by atoms with Gasteiger partial charge >= 0.3 is 7.82 Å². The van der Waals surface area contributed by atoms with Crippen LogP contribution in [0.1, 0.15) is 206 Å². The summed E-state index contributed by atoms with van der Waals surface area (Å²) in [5, 5.41) is 74.3. The number of carbonyl (C=O) groups is 1. The second-order valence-corrected chi connectivity index (χ2v) is 18.6. The molecule has 0 aromatic rings. The van der Waals surface area contributed by atoms with Crippen LogP contribution in [-0.4, -0.2) is 108 Å². The molecule has 8 atom stereocenters. The highest BCUT2D eigenvalue weighted by atomic mass is 31.2. The molecule has 0 bridgehead atoms. The first kappa shape index (κ1) is 56.1. The lowest BCUT2D eigenvalue weighted by atomic mass is 9.85. The lowest BCUT2D eigenvalue weighted by Gasteiger charge is -2.41. The van der Waals surface area contributed by atoms with Crippen LogP contribution in [0.3, 0.4) is 0 Å². The van der Waals surface area contributed by atoms with E-state index < -0.39 is 75.2 Å². The van der Waals surface area contributed by atoms with E-state index in [0.717, 1.165) is 44.9 Å². The van der Waals surface area contributed by atoms with Gasteiger partial charge in [0.2, 0.25) is 5.91 Å². The van der Waals surface area contributed by atoms with Crippen molar-refractivity contribution in [1.29, 1.82) is 0 Å². The van der Waals surface area contributed by atoms with Gasteiger partial charge in [0.15, 0.2) is 0 Å². The molecular formula is C45H88NO12P. The Morgan fingerprint density at radius 1 is 0.593 bits per heavy atom. The predicted molar refractivity (Wildman–Crippen MR) is 234 cm³/mol. The van der Waals surface area contributed by atoms with Gasteiger partial charge in [-0.05, 0) is 19.3 Å². The monoisotopic (exact) mass is 866 g/mol. The number of aliphatic hydroxyl groups excluding tert-OH is 7. The van der Waals surface area contributed by atoms with E-state index in [0.29, 0.717) is 12.8 Å². The molecule has 0 saturated heterocycles. The third kappa shape index (κ3) is 27.7. The molecule has 1 amide bonds. The van der Waals surface area contributed by atoms with Crippen LogP contribution in [0.4, 0.5) is 0 Å². The minimum absolute atomic E-state index is 0.241. The van der Waals surface area contributed by atoms with Crippen molar-refractivity contribution in [3.8, 4) is 0 Å². The summed E-state index contributed by atoms with van der Waals surface area (Å²) >= 11 is 0. The SMILES string of the molecule is CCCCCCCCCCCCCCCCCCCC/C=C/C(O)C(COP(=O)(O)OC1C(O)C(O)C(O)C(O)C1O)NC(=O)CC(O)CCCCCCCCCCC. The van der Waals surface area contributed by atoms with Gasteiger partial charge in [-0.3, -0.25) is 13.8 Å². The van der Waals surface area contributed by atoms with Gasteiger partial charge in [0.25, 0.3) is 0 Å².